The number of likely N-dealkylation sites (N-methyl/N-ethyl adjacent to an activating group) is 1. The van der Waals surface area contributed by atoms with Gasteiger partial charge in [0.05, 0.1) is 12.5 Å². The van der Waals surface area contributed by atoms with Crippen LogP contribution in [0, 0.1) is 11.3 Å². The summed E-state index contributed by atoms with van der Waals surface area (Å²) in [7, 11) is 2.12. The van der Waals surface area contributed by atoms with E-state index < -0.39 is 0 Å². The van der Waals surface area contributed by atoms with Gasteiger partial charge in [-0.25, -0.2) is 0 Å². The van der Waals surface area contributed by atoms with Crippen LogP contribution in [0.3, 0.4) is 0 Å². The van der Waals surface area contributed by atoms with Gasteiger partial charge in [0.15, 0.2) is 0 Å². The maximum absolute atomic E-state index is 8.90. The standard InChI is InChI=1S/C14H20N4/c1-12-9-18(10-13-4-7-16-8-5-13)11-14(3-6-15)17(12)2/h4-5,7-8,12,14H,3,9-11H2,1-2H3. The van der Waals surface area contributed by atoms with E-state index in [0.717, 1.165) is 19.6 Å². The first-order valence-electron chi connectivity index (χ1n) is 6.41. The fourth-order valence-electron chi connectivity index (χ4n) is 2.55. The molecular formula is C14H20N4. The van der Waals surface area contributed by atoms with Crippen LogP contribution in [-0.2, 0) is 6.54 Å². The Balaban J connectivity index is 2.00. The lowest BCUT2D eigenvalue weighted by Gasteiger charge is -2.43. The molecule has 1 saturated heterocycles. The molecule has 0 aliphatic carbocycles. The average molecular weight is 244 g/mol. The van der Waals surface area contributed by atoms with Gasteiger partial charge >= 0.3 is 0 Å². The zero-order valence-electron chi connectivity index (χ0n) is 11.1. The van der Waals surface area contributed by atoms with Gasteiger partial charge in [-0.2, -0.15) is 5.26 Å². The Morgan fingerprint density at radius 2 is 2.11 bits per heavy atom. The molecule has 1 aromatic heterocycles. The molecule has 4 nitrogen and oxygen atoms in total. The van der Waals surface area contributed by atoms with E-state index in [0.29, 0.717) is 18.5 Å². The smallest absolute Gasteiger partial charge is 0.0638 e. The summed E-state index contributed by atoms with van der Waals surface area (Å²) in [5.74, 6) is 0. The van der Waals surface area contributed by atoms with Crippen LogP contribution in [0.4, 0.5) is 0 Å². The Morgan fingerprint density at radius 3 is 2.78 bits per heavy atom. The molecule has 1 aliphatic heterocycles. The van der Waals surface area contributed by atoms with Gasteiger partial charge in [0.25, 0.3) is 0 Å². The normalized spacial score (nSPS) is 25.8. The topological polar surface area (TPSA) is 43.2 Å². The molecule has 96 valence electrons. The van der Waals surface area contributed by atoms with Gasteiger partial charge in [-0.05, 0) is 31.7 Å². The number of pyridine rings is 1. The molecule has 1 aliphatic rings. The Bertz CT molecular complexity index is 412. The molecule has 0 N–H and O–H groups in total. The number of hydrogen-bond acceptors (Lipinski definition) is 4. The minimum Gasteiger partial charge on any atom is -0.297 e. The van der Waals surface area contributed by atoms with Gasteiger partial charge in [0.2, 0.25) is 0 Å². The number of rotatable bonds is 3. The number of piperazine rings is 1. The summed E-state index contributed by atoms with van der Waals surface area (Å²) in [6.07, 6.45) is 4.27. The largest absolute Gasteiger partial charge is 0.297 e. The minimum absolute atomic E-state index is 0.348. The van der Waals surface area contributed by atoms with Crippen LogP contribution in [0.25, 0.3) is 0 Å². The molecule has 2 heterocycles. The van der Waals surface area contributed by atoms with Crippen molar-refractivity contribution < 1.29 is 0 Å². The van der Waals surface area contributed by atoms with Gasteiger partial charge < -0.3 is 0 Å². The molecule has 4 heteroatoms. The van der Waals surface area contributed by atoms with E-state index in [1.165, 1.54) is 5.56 Å². The van der Waals surface area contributed by atoms with Crippen LogP contribution in [0.1, 0.15) is 18.9 Å². The summed E-state index contributed by atoms with van der Waals surface area (Å²) in [6.45, 7) is 5.20. The van der Waals surface area contributed by atoms with Crippen molar-refractivity contribution in [2.75, 3.05) is 20.1 Å². The van der Waals surface area contributed by atoms with E-state index in [2.05, 4.69) is 47.0 Å². The second kappa shape index (κ2) is 5.94. The fraction of sp³-hybridized carbons (Fsp3) is 0.571. The molecule has 0 aromatic carbocycles. The fourth-order valence-corrected chi connectivity index (χ4v) is 2.55. The summed E-state index contributed by atoms with van der Waals surface area (Å²) in [4.78, 5) is 8.80. The molecule has 2 unspecified atom stereocenters. The molecule has 2 atom stereocenters. The van der Waals surface area contributed by atoms with Crippen molar-refractivity contribution in [1.29, 1.82) is 5.26 Å². The molecule has 0 saturated carbocycles. The van der Waals surface area contributed by atoms with Gasteiger partial charge in [0, 0.05) is 44.1 Å². The highest BCUT2D eigenvalue weighted by Crippen LogP contribution is 2.17. The Labute approximate surface area is 109 Å². The van der Waals surface area contributed by atoms with Crippen LogP contribution >= 0.6 is 0 Å². The SMILES string of the molecule is CC1CN(Cc2ccncc2)CC(CC#N)N1C. The lowest BCUT2D eigenvalue weighted by molar-refractivity contribution is 0.0492. The molecule has 2 rings (SSSR count). The first-order chi connectivity index (χ1) is 8.70. The van der Waals surface area contributed by atoms with E-state index in [1.54, 1.807) is 0 Å². The van der Waals surface area contributed by atoms with Crippen molar-refractivity contribution in [1.82, 2.24) is 14.8 Å². The zero-order valence-corrected chi connectivity index (χ0v) is 11.1. The Morgan fingerprint density at radius 1 is 1.39 bits per heavy atom. The first-order valence-corrected chi connectivity index (χ1v) is 6.41. The molecule has 0 amide bonds. The summed E-state index contributed by atoms with van der Waals surface area (Å²) in [5.41, 5.74) is 1.29. The van der Waals surface area contributed by atoms with Crippen LogP contribution in [0.2, 0.25) is 0 Å². The van der Waals surface area contributed by atoms with Crippen LogP contribution in [0.15, 0.2) is 24.5 Å². The van der Waals surface area contributed by atoms with Gasteiger partial charge in [-0.15, -0.1) is 0 Å². The Hall–Kier alpha value is -1.44. The average Bonchev–Trinajstić information content (AvgIpc) is 2.37. The molecule has 1 aromatic rings. The number of aromatic nitrogens is 1. The predicted molar refractivity (Wildman–Crippen MR) is 70.8 cm³/mol. The van der Waals surface area contributed by atoms with E-state index in [-0.39, 0.29) is 0 Å². The zero-order chi connectivity index (χ0) is 13.0. The third kappa shape index (κ3) is 3.06. The maximum atomic E-state index is 8.90. The van der Waals surface area contributed by atoms with E-state index in [4.69, 9.17) is 5.26 Å². The highest BCUT2D eigenvalue weighted by atomic mass is 15.3. The van der Waals surface area contributed by atoms with E-state index in [1.807, 2.05) is 12.4 Å². The molecule has 0 bridgehead atoms. The molecule has 18 heavy (non-hydrogen) atoms. The van der Waals surface area contributed by atoms with Crippen molar-refractivity contribution in [3.63, 3.8) is 0 Å². The van der Waals surface area contributed by atoms with Crippen molar-refractivity contribution in [2.24, 2.45) is 0 Å². The lowest BCUT2D eigenvalue weighted by atomic mass is 10.0. The van der Waals surface area contributed by atoms with Crippen molar-refractivity contribution in [2.45, 2.75) is 32.0 Å². The highest BCUT2D eigenvalue weighted by Gasteiger charge is 2.28. The van der Waals surface area contributed by atoms with Crippen LogP contribution in [-0.4, -0.2) is 47.0 Å². The predicted octanol–water partition coefficient (Wildman–Crippen LogP) is 1.50. The monoisotopic (exact) mass is 244 g/mol. The maximum Gasteiger partial charge on any atom is 0.0638 e. The van der Waals surface area contributed by atoms with E-state index in [9.17, 15) is 0 Å². The number of hydrogen-bond donors (Lipinski definition) is 0. The molecule has 0 spiro atoms. The first kappa shape index (κ1) is 13.0. The summed E-state index contributed by atoms with van der Waals surface area (Å²) in [6, 6.07) is 7.26. The summed E-state index contributed by atoms with van der Waals surface area (Å²) < 4.78 is 0. The van der Waals surface area contributed by atoms with Crippen molar-refractivity contribution >= 4 is 0 Å². The molecule has 0 radical (unpaired) electrons. The number of nitriles is 1. The quantitative estimate of drug-likeness (QED) is 0.808. The highest BCUT2D eigenvalue weighted by molar-refractivity contribution is 5.10. The summed E-state index contributed by atoms with van der Waals surface area (Å²) in [5, 5.41) is 8.90. The van der Waals surface area contributed by atoms with E-state index >= 15 is 0 Å². The third-order valence-corrected chi connectivity index (χ3v) is 3.75. The van der Waals surface area contributed by atoms with Crippen LogP contribution < -0.4 is 0 Å². The lowest BCUT2D eigenvalue weighted by Crippen LogP contribution is -2.55. The van der Waals surface area contributed by atoms with Gasteiger partial charge in [-0.1, -0.05) is 0 Å². The second-order valence-electron chi connectivity index (χ2n) is 5.08. The minimum atomic E-state index is 0.348. The second-order valence-corrected chi connectivity index (χ2v) is 5.08. The van der Waals surface area contributed by atoms with Crippen molar-refractivity contribution in [3.8, 4) is 6.07 Å². The summed E-state index contributed by atoms with van der Waals surface area (Å²) >= 11 is 0. The molecular weight excluding hydrogens is 224 g/mol. The van der Waals surface area contributed by atoms with Crippen molar-refractivity contribution in [3.05, 3.63) is 30.1 Å². The van der Waals surface area contributed by atoms with Gasteiger partial charge in [0.1, 0.15) is 0 Å². The Kier molecular flexibility index (Phi) is 4.29. The third-order valence-electron chi connectivity index (χ3n) is 3.75. The molecule has 1 fully saturated rings. The van der Waals surface area contributed by atoms with Gasteiger partial charge in [-0.3, -0.25) is 14.8 Å². The van der Waals surface area contributed by atoms with Crippen LogP contribution in [0.5, 0.6) is 0 Å². The number of nitrogens with zero attached hydrogens (tertiary/aromatic N) is 4.